The maximum Gasteiger partial charge on any atom is 0.282 e. The molecule has 1 heterocycles. The van der Waals surface area contributed by atoms with Crippen LogP contribution in [0.4, 0.5) is 5.69 Å². The van der Waals surface area contributed by atoms with Crippen LogP contribution in [0.15, 0.2) is 24.3 Å². The van der Waals surface area contributed by atoms with E-state index < -0.39 is 10.2 Å². The van der Waals surface area contributed by atoms with E-state index in [1.807, 2.05) is 32.0 Å². The lowest BCUT2D eigenvalue weighted by molar-refractivity contribution is 0.313. The third-order valence-electron chi connectivity index (χ3n) is 3.64. The molecule has 112 valence electrons. The normalized spacial score (nSPS) is 17.2. The zero-order valence-corrected chi connectivity index (χ0v) is 12.9. The number of hydrogen-bond donors (Lipinski definition) is 1. The highest BCUT2D eigenvalue weighted by molar-refractivity contribution is 7.86. The van der Waals surface area contributed by atoms with E-state index >= 15 is 0 Å². The van der Waals surface area contributed by atoms with Crippen molar-refractivity contribution in [1.82, 2.24) is 8.61 Å². The van der Waals surface area contributed by atoms with Gasteiger partial charge in [-0.2, -0.15) is 17.0 Å². The molecule has 2 rings (SSSR count). The average molecular weight is 297 g/mol. The molecule has 2 N–H and O–H groups in total. The van der Waals surface area contributed by atoms with Crippen LogP contribution in [0.2, 0.25) is 0 Å². The summed E-state index contributed by atoms with van der Waals surface area (Å²) in [5.41, 5.74) is 7.42. The maximum atomic E-state index is 12.7. The van der Waals surface area contributed by atoms with Crippen LogP contribution in [-0.4, -0.2) is 36.2 Å². The van der Waals surface area contributed by atoms with Gasteiger partial charge >= 0.3 is 0 Å². The molecule has 0 aliphatic carbocycles. The largest absolute Gasteiger partial charge is 0.398 e. The topological polar surface area (TPSA) is 66.6 Å². The molecule has 1 aliphatic rings. The van der Waals surface area contributed by atoms with Crippen molar-refractivity contribution in [1.29, 1.82) is 0 Å². The second kappa shape index (κ2) is 6.11. The van der Waals surface area contributed by atoms with Gasteiger partial charge in [-0.25, -0.2) is 0 Å². The van der Waals surface area contributed by atoms with Crippen LogP contribution in [0.3, 0.4) is 0 Å². The summed E-state index contributed by atoms with van der Waals surface area (Å²) in [4.78, 5) is 0. The number of nitrogens with zero attached hydrogens (tertiary/aromatic N) is 2. The van der Waals surface area contributed by atoms with Gasteiger partial charge in [0.15, 0.2) is 0 Å². The lowest BCUT2D eigenvalue weighted by Crippen LogP contribution is -2.45. The number of anilines is 1. The predicted octanol–water partition coefficient (Wildman–Crippen LogP) is 1.82. The Morgan fingerprint density at radius 1 is 1.25 bits per heavy atom. The molecular formula is C14H23N3O2S. The summed E-state index contributed by atoms with van der Waals surface area (Å²) in [5, 5.41) is 0. The second-order valence-corrected chi connectivity index (χ2v) is 7.33. The molecule has 5 nitrogen and oxygen atoms in total. The minimum absolute atomic E-state index is 0.0970. The smallest absolute Gasteiger partial charge is 0.282 e. The molecule has 0 amide bonds. The molecule has 0 unspecified atom stereocenters. The first-order valence-electron chi connectivity index (χ1n) is 7.03. The molecule has 0 bridgehead atoms. The molecule has 0 saturated carbocycles. The molecule has 1 saturated heterocycles. The Kier molecular flexibility index (Phi) is 4.67. The van der Waals surface area contributed by atoms with Gasteiger partial charge in [0.2, 0.25) is 0 Å². The minimum Gasteiger partial charge on any atom is -0.398 e. The summed E-state index contributed by atoms with van der Waals surface area (Å²) < 4.78 is 28.5. The van der Waals surface area contributed by atoms with Crippen LogP contribution < -0.4 is 5.73 Å². The molecule has 6 heteroatoms. The number of nitrogen functional groups attached to an aromatic ring is 1. The fourth-order valence-electron chi connectivity index (χ4n) is 2.44. The van der Waals surface area contributed by atoms with Gasteiger partial charge in [-0.15, -0.1) is 0 Å². The monoisotopic (exact) mass is 297 g/mol. The van der Waals surface area contributed by atoms with Crippen molar-refractivity contribution in [2.24, 2.45) is 0 Å². The van der Waals surface area contributed by atoms with Crippen LogP contribution in [0.5, 0.6) is 0 Å². The summed E-state index contributed by atoms with van der Waals surface area (Å²) in [6.45, 7) is 5.36. The molecule has 0 atom stereocenters. The van der Waals surface area contributed by atoms with Crippen LogP contribution in [0, 0.1) is 0 Å². The molecular weight excluding hydrogens is 274 g/mol. The van der Waals surface area contributed by atoms with Gasteiger partial charge in [-0.05, 0) is 38.3 Å². The van der Waals surface area contributed by atoms with E-state index in [4.69, 9.17) is 5.73 Å². The van der Waals surface area contributed by atoms with E-state index in [0.29, 0.717) is 25.3 Å². The van der Waals surface area contributed by atoms with E-state index in [0.717, 1.165) is 18.4 Å². The Labute approximate surface area is 121 Å². The number of hydrogen-bond acceptors (Lipinski definition) is 3. The van der Waals surface area contributed by atoms with Crippen molar-refractivity contribution in [2.75, 3.05) is 18.8 Å². The Morgan fingerprint density at radius 3 is 2.40 bits per heavy atom. The standard InChI is InChI=1S/C14H23N3O2S/c1-12(2)17(11-13-7-3-4-8-14(13)15)20(18,19)16-9-5-6-10-16/h3-4,7-8,12H,5-6,9-11,15H2,1-2H3. The van der Waals surface area contributed by atoms with Crippen LogP contribution >= 0.6 is 0 Å². The fraction of sp³-hybridized carbons (Fsp3) is 0.571. The lowest BCUT2D eigenvalue weighted by atomic mass is 10.2. The number of rotatable bonds is 5. The molecule has 1 fully saturated rings. The quantitative estimate of drug-likeness (QED) is 0.843. The summed E-state index contributed by atoms with van der Waals surface area (Å²) in [6.07, 6.45) is 1.89. The van der Waals surface area contributed by atoms with E-state index in [1.54, 1.807) is 10.4 Å². The first-order valence-corrected chi connectivity index (χ1v) is 8.43. The molecule has 0 radical (unpaired) electrons. The minimum atomic E-state index is -3.40. The van der Waals surface area contributed by atoms with Crippen LogP contribution in [0.25, 0.3) is 0 Å². The van der Waals surface area contributed by atoms with Gasteiger partial charge in [0.25, 0.3) is 10.2 Å². The maximum absolute atomic E-state index is 12.7. The summed E-state index contributed by atoms with van der Waals surface area (Å²) >= 11 is 0. The summed E-state index contributed by atoms with van der Waals surface area (Å²) in [7, 11) is -3.40. The number of nitrogens with two attached hydrogens (primary N) is 1. The van der Waals surface area contributed by atoms with E-state index in [1.165, 1.54) is 4.31 Å². The van der Waals surface area contributed by atoms with Crippen molar-refractivity contribution < 1.29 is 8.42 Å². The number of para-hydroxylation sites is 1. The van der Waals surface area contributed by atoms with E-state index in [-0.39, 0.29) is 6.04 Å². The first-order chi connectivity index (χ1) is 9.43. The number of benzene rings is 1. The highest BCUT2D eigenvalue weighted by atomic mass is 32.2. The van der Waals surface area contributed by atoms with Gasteiger partial charge < -0.3 is 5.73 Å². The van der Waals surface area contributed by atoms with Crippen molar-refractivity contribution in [3.63, 3.8) is 0 Å². The summed E-state index contributed by atoms with van der Waals surface area (Å²) in [6, 6.07) is 7.32. The third kappa shape index (κ3) is 3.13. The van der Waals surface area contributed by atoms with Crippen molar-refractivity contribution in [3.05, 3.63) is 29.8 Å². The second-order valence-electron chi connectivity index (χ2n) is 5.45. The SMILES string of the molecule is CC(C)N(Cc1ccccc1N)S(=O)(=O)N1CCCC1. The average Bonchev–Trinajstić information content (AvgIpc) is 2.91. The van der Waals surface area contributed by atoms with Gasteiger partial charge in [0.05, 0.1) is 0 Å². The predicted molar refractivity (Wildman–Crippen MR) is 81.3 cm³/mol. The van der Waals surface area contributed by atoms with Crippen molar-refractivity contribution >= 4 is 15.9 Å². The highest BCUT2D eigenvalue weighted by Gasteiger charge is 2.33. The van der Waals surface area contributed by atoms with Gasteiger partial charge in [0.1, 0.15) is 0 Å². The molecule has 1 aliphatic heterocycles. The third-order valence-corrected chi connectivity index (χ3v) is 5.81. The van der Waals surface area contributed by atoms with Crippen LogP contribution in [-0.2, 0) is 16.8 Å². The molecule has 1 aromatic rings. The Morgan fingerprint density at radius 2 is 1.85 bits per heavy atom. The Bertz CT molecular complexity index is 551. The highest BCUT2D eigenvalue weighted by Crippen LogP contribution is 2.22. The molecule has 0 spiro atoms. The lowest BCUT2D eigenvalue weighted by Gasteiger charge is -2.30. The van der Waals surface area contributed by atoms with Crippen LogP contribution in [0.1, 0.15) is 32.3 Å². The van der Waals surface area contributed by atoms with Gasteiger partial charge in [-0.1, -0.05) is 18.2 Å². The molecule has 0 aromatic heterocycles. The Hall–Kier alpha value is -1.11. The molecule has 1 aromatic carbocycles. The fourth-order valence-corrected chi connectivity index (χ4v) is 4.30. The van der Waals surface area contributed by atoms with E-state index in [2.05, 4.69) is 0 Å². The van der Waals surface area contributed by atoms with E-state index in [9.17, 15) is 8.42 Å². The van der Waals surface area contributed by atoms with Crippen molar-refractivity contribution in [3.8, 4) is 0 Å². The zero-order chi connectivity index (χ0) is 14.8. The van der Waals surface area contributed by atoms with Crippen molar-refractivity contribution in [2.45, 2.75) is 39.3 Å². The molecule has 20 heavy (non-hydrogen) atoms. The Balaban J connectivity index is 2.25. The summed E-state index contributed by atoms with van der Waals surface area (Å²) in [5.74, 6) is 0. The van der Waals surface area contributed by atoms with Gasteiger partial charge in [-0.3, -0.25) is 0 Å². The first kappa shape index (κ1) is 15.3. The zero-order valence-electron chi connectivity index (χ0n) is 12.1. The van der Waals surface area contributed by atoms with Gasteiger partial charge in [0, 0.05) is 31.4 Å².